The van der Waals surface area contributed by atoms with Crippen LogP contribution in [-0.4, -0.2) is 42.6 Å². The number of amides is 3. The predicted molar refractivity (Wildman–Crippen MR) is 97.3 cm³/mol. The minimum Gasteiger partial charge on any atom is -0.494 e. The quantitative estimate of drug-likeness (QED) is 0.812. The van der Waals surface area contributed by atoms with Crippen molar-refractivity contribution in [3.05, 3.63) is 65.7 Å². The Hall–Kier alpha value is -3.35. The highest BCUT2D eigenvalue weighted by molar-refractivity contribution is 5.98. The highest BCUT2D eigenvalue weighted by atomic mass is 16.6. The zero-order valence-corrected chi connectivity index (χ0v) is 14.9. The number of hydrogen-bond donors (Lipinski definition) is 1. The molecule has 1 unspecified atom stereocenters. The molecule has 2 aromatic carbocycles. The van der Waals surface area contributed by atoms with E-state index in [1.165, 1.54) is 0 Å². The minimum atomic E-state index is -0.698. The Morgan fingerprint density at radius 3 is 2.44 bits per heavy atom. The monoisotopic (exact) mass is 368 g/mol. The molecule has 0 aliphatic carbocycles. The number of imide groups is 1. The summed E-state index contributed by atoms with van der Waals surface area (Å²) < 4.78 is 10.1. The molecule has 7 nitrogen and oxygen atoms in total. The van der Waals surface area contributed by atoms with Crippen LogP contribution in [0, 0.1) is 0 Å². The zero-order chi connectivity index (χ0) is 19.2. The number of carbonyl (C=O) groups excluding carboxylic acids is 3. The van der Waals surface area contributed by atoms with Gasteiger partial charge in [-0.2, -0.15) is 0 Å². The molecular formula is C20H20N2O5. The second kappa shape index (κ2) is 8.35. The Labute approximate surface area is 156 Å². The lowest BCUT2D eigenvalue weighted by Crippen LogP contribution is -2.40. The van der Waals surface area contributed by atoms with Gasteiger partial charge < -0.3 is 14.8 Å². The molecular weight excluding hydrogens is 348 g/mol. The summed E-state index contributed by atoms with van der Waals surface area (Å²) in [4.78, 5) is 37.3. The summed E-state index contributed by atoms with van der Waals surface area (Å²) >= 11 is 0. The molecule has 0 saturated carbocycles. The number of benzene rings is 2. The van der Waals surface area contributed by atoms with E-state index in [1.807, 2.05) is 37.3 Å². The van der Waals surface area contributed by atoms with Crippen molar-refractivity contribution < 1.29 is 23.9 Å². The normalized spacial score (nSPS) is 14.6. The first kappa shape index (κ1) is 18.4. The minimum absolute atomic E-state index is 0.00441. The third kappa shape index (κ3) is 4.44. The van der Waals surface area contributed by atoms with Crippen molar-refractivity contribution >= 4 is 17.9 Å². The number of rotatable bonds is 7. The SMILES string of the molecule is CCOc1ccc(C(=O)NC(CN2C(=O)COC2=O)c2ccccc2)cc1. The van der Waals surface area contributed by atoms with E-state index >= 15 is 0 Å². The van der Waals surface area contributed by atoms with E-state index in [0.29, 0.717) is 17.9 Å². The van der Waals surface area contributed by atoms with Gasteiger partial charge in [-0.1, -0.05) is 30.3 Å². The van der Waals surface area contributed by atoms with Crippen LogP contribution in [0.5, 0.6) is 5.75 Å². The van der Waals surface area contributed by atoms with Crippen molar-refractivity contribution in [3.63, 3.8) is 0 Å². The molecule has 1 aliphatic heterocycles. The molecule has 0 radical (unpaired) electrons. The second-order valence-electron chi connectivity index (χ2n) is 5.95. The van der Waals surface area contributed by atoms with Crippen LogP contribution in [0.4, 0.5) is 4.79 Å². The molecule has 2 aromatic rings. The van der Waals surface area contributed by atoms with Crippen LogP contribution in [-0.2, 0) is 9.53 Å². The number of nitrogens with one attached hydrogen (secondary N) is 1. The summed E-state index contributed by atoms with van der Waals surface area (Å²) in [5.41, 5.74) is 1.24. The van der Waals surface area contributed by atoms with Crippen molar-refractivity contribution in [1.29, 1.82) is 0 Å². The molecule has 0 aromatic heterocycles. The third-order valence-electron chi connectivity index (χ3n) is 4.14. The molecule has 1 aliphatic rings. The number of ether oxygens (including phenoxy) is 2. The number of nitrogens with zero attached hydrogens (tertiary/aromatic N) is 1. The van der Waals surface area contributed by atoms with E-state index in [4.69, 9.17) is 9.47 Å². The van der Waals surface area contributed by atoms with Gasteiger partial charge in [-0.05, 0) is 36.8 Å². The summed E-state index contributed by atoms with van der Waals surface area (Å²) in [5, 5.41) is 2.89. The van der Waals surface area contributed by atoms with E-state index in [9.17, 15) is 14.4 Å². The Morgan fingerprint density at radius 1 is 1.15 bits per heavy atom. The summed E-state index contributed by atoms with van der Waals surface area (Å²) in [6.07, 6.45) is -0.698. The van der Waals surface area contributed by atoms with Crippen molar-refractivity contribution in [2.45, 2.75) is 13.0 Å². The Bertz CT molecular complexity index is 804. The van der Waals surface area contributed by atoms with Gasteiger partial charge in [-0.3, -0.25) is 9.59 Å². The lowest BCUT2D eigenvalue weighted by molar-refractivity contribution is -0.126. The fourth-order valence-corrected chi connectivity index (χ4v) is 2.77. The van der Waals surface area contributed by atoms with E-state index in [2.05, 4.69) is 5.32 Å². The second-order valence-corrected chi connectivity index (χ2v) is 5.95. The zero-order valence-electron chi connectivity index (χ0n) is 14.9. The van der Waals surface area contributed by atoms with Crippen LogP contribution in [0.1, 0.15) is 28.9 Å². The maximum Gasteiger partial charge on any atom is 0.417 e. The topological polar surface area (TPSA) is 84.9 Å². The van der Waals surface area contributed by atoms with Gasteiger partial charge in [-0.15, -0.1) is 0 Å². The van der Waals surface area contributed by atoms with Gasteiger partial charge in [0.25, 0.3) is 11.8 Å². The summed E-state index contributed by atoms with van der Waals surface area (Å²) in [7, 11) is 0. The van der Waals surface area contributed by atoms with E-state index in [-0.39, 0.29) is 19.1 Å². The Morgan fingerprint density at radius 2 is 1.85 bits per heavy atom. The van der Waals surface area contributed by atoms with Gasteiger partial charge in [0.2, 0.25) is 0 Å². The number of hydrogen-bond acceptors (Lipinski definition) is 5. The molecule has 1 saturated heterocycles. The summed E-state index contributed by atoms with van der Waals surface area (Å²) in [6.45, 7) is 2.16. The van der Waals surface area contributed by atoms with Crippen molar-refractivity contribution in [3.8, 4) is 5.75 Å². The first-order valence-electron chi connectivity index (χ1n) is 8.64. The van der Waals surface area contributed by atoms with Gasteiger partial charge in [0.15, 0.2) is 6.61 Å². The van der Waals surface area contributed by atoms with Gasteiger partial charge in [-0.25, -0.2) is 9.69 Å². The van der Waals surface area contributed by atoms with E-state index in [0.717, 1.165) is 10.5 Å². The van der Waals surface area contributed by atoms with Crippen molar-refractivity contribution in [2.24, 2.45) is 0 Å². The third-order valence-corrected chi connectivity index (χ3v) is 4.14. The molecule has 1 heterocycles. The first-order chi connectivity index (χ1) is 13.1. The molecule has 3 amide bonds. The summed E-state index contributed by atoms with van der Waals surface area (Å²) in [6, 6.07) is 15.4. The molecule has 1 atom stereocenters. The molecule has 3 rings (SSSR count). The fourth-order valence-electron chi connectivity index (χ4n) is 2.77. The lowest BCUT2D eigenvalue weighted by atomic mass is 10.1. The smallest absolute Gasteiger partial charge is 0.417 e. The number of carbonyl (C=O) groups is 3. The van der Waals surface area contributed by atoms with Gasteiger partial charge in [0.1, 0.15) is 5.75 Å². The van der Waals surface area contributed by atoms with Crippen molar-refractivity contribution in [2.75, 3.05) is 19.8 Å². The van der Waals surface area contributed by atoms with Crippen LogP contribution in [0.25, 0.3) is 0 Å². The summed E-state index contributed by atoms with van der Waals surface area (Å²) in [5.74, 6) is -0.0535. The van der Waals surface area contributed by atoms with Crippen LogP contribution >= 0.6 is 0 Å². The van der Waals surface area contributed by atoms with E-state index in [1.54, 1.807) is 24.3 Å². The molecule has 27 heavy (non-hydrogen) atoms. The molecule has 1 N–H and O–H groups in total. The molecule has 1 fully saturated rings. The maximum atomic E-state index is 12.7. The van der Waals surface area contributed by atoms with Crippen LogP contribution in [0.2, 0.25) is 0 Å². The van der Waals surface area contributed by atoms with Gasteiger partial charge >= 0.3 is 6.09 Å². The molecule has 140 valence electrons. The Balaban J connectivity index is 1.77. The van der Waals surface area contributed by atoms with E-state index < -0.39 is 18.0 Å². The predicted octanol–water partition coefficient (Wildman–Crippen LogP) is 2.54. The molecule has 7 heteroatoms. The van der Waals surface area contributed by atoms with Crippen LogP contribution in [0.15, 0.2) is 54.6 Å². The maximum absolute atomic E-state index is 12.7. The standard InChI is InChI=1S/C20H20N2O5/c1-2-26-16-10-8-15(9-11-16)19(24)21-17(14-6-4-3-5-7-14)12-22-18(23)13-27-20(22)25/h3-11,17H,2,12-13H2,1H3,(H,21,24). The average molecular weight is 368 g/mol. The number of cyclic esters (lactones) is 1. The highest BCUT2D eigenvalue weighted by Gasteiger charge is 2.33. The molecule has 0 bridgehead atoms. The van der Waals surface area contributed by atoms with Crippen molar-refractivity contribution in [1.82, 2.24) is 10.2 Å². The average Bonchev–Trinajstić information content (AvgIpc) is 3.01. The lowest BCUT2D eigenvalue weighted by Gasteiger charge is -2.23. The first-order valence-corrected chi connectivity index (χ1v) is 8.64. The fraction of sp³-hybridized carbons (Fsp3) is 0.250. The van der Waals surface area contributed by atoms with Crippen LogP contribution < -0.4 is 10.1 Å². The van der Waals surface area contributed by atoms with Gasteiger partial charge in [0.05, 0.1) is 19.2 Å². The van der Waals surface area contributed by atoms with Gasteiger partial charge in [0, 0.05) is 5.56 Å². The highest BCUT2D eigenvalue weighted by Crippen LogP contribution is 2.19. The van der Waals surface area contributed by atoms with Crippen LogP contribution in [0.3, 0.4) is 0 Å². The molecule has 0 spiro atoms. The largest absolute Gasteiger partial charge is 0.494 e. The Kier molecular flexibility index (Phi) is 5.71.